The van der Waals surface area contributed by atoms with Gasteiger partial charge in [-0.05, 0) is 18.4 Å². The van der Waals surface area contributed by atoms with Gasteiger partial charge in [0.15, 0.2) is 5.03 Å². The molecule has 0 saturated heterocycles. The molecule has 22 heavy (non-hydrogen) atoms. The second kappa shape index (κ2) is 9.29. The van der Waals surface area contributed by atoms with Gasteiger partial charge in [-0.15, -0.1) is 0 Å². The van der Waals surface area contributed by atoms with E-state index in [1.165, 1.54) is 0 Å². The Labute approximate surface area is 127 Å². The first kappa shape index (κ1) is 17.4. The Morgan fingerprint density at radius 1 is 1.41 bits per heavy atom. The minimum absolute atomic E-state index is 0.172. The van der Waals surface area contributed by atoms with Crippen LogP contribution in [-0.2, 0) is 16.1 Å². The summed E-state index contributed by atoms with van der Waals surface area (Å²) in [5, 5.41) is 9.28. The van der Waals surface area contributed by atoms with Crippen molar-refractivity contribution in [3.05, 3.63) is 46.0 Å². The van der Waals surface area contributed by atoms with Crippen LogP contribution in [0.5, 0.6) is 0 Å². The van der Waals surface area contributed by atoms with E-state index in [0.717, 1.165) is 5.56 Å². The van der Waals surface area contributed by atoms with Gasteiger partial charge in [-0.2, -0.15) is 0 Å². The average Bonchev–Trinajstić information content (AvgIpc) is 2.49. The van der Waals surface area contributed by atoms with Gasteiger partial charge in [0, 0.05) is 6.54 Å². The van der Waals surface area contributed by atoms with Crippen molar-refractivity contribution in [2.45, 2.75) is 25.5 Å². The van der Waals surface area contributed by atoms with Crippen LogP contribution in [0.1, 0.15) is 18.4 Å². The summed E-state index contributed by atoms with van der Waals surface area (Å²) in [5.41, 5.74) is 13.5. The maximum Gasteiger partial charge on any atom is 0.323 e. The number of hydrogen-bond acceptors (Lipinski definition) is 6. The summed E-state index contributed by atoms with van der Waals surface area (Å²) in [7, 11) is 0. The summed E-state index contributed by atoms with van der Waals surface area (Å²) >= 11 is 0. The predicted molar refractivity (Wildman–Crippen MR) is 80.1 cm³/mol. The minimum Gasteiger partial charge on any atom is -0.460 e. The monoisotopic (exact) mass is 309 g/mol. The number of benzene rings is 1. The molecule has 1 atom stereocenters. The lowest BCUT2D eigenvalue weighted by molar-refractivity contribution is -0.525. The summed E-state index contributed by atoms with van der Waals surface area (Å²) in [4.78, 5) is 25.5. The van der Waals surface area contributed by atoms with Gasteiger partial charge in [0.2, 0.25) is 0 Å². The highest BCUT2D eigenvalue weighted by atomic mass is 16.7. The number of aliphatic imine (C=N–C) groups is 1. The third kappa shape index (κ3) is 7.20. The standard InChI is InChI=1S/C13H19N5O4/c14-11(7-4-8-16-13(15)17-18(20)21)12(19)22-9-10-5-2-1-3-6-10/h1-3,5-6,11H,4,7-9,14H2,(H3,15,16,17)/t11-/m1/s1. The molecule has 1 aromatic carbocycles. The van der Waals surface area contributed by atoms with Gasteiger partial charge >= 0.3 is 5.97 Å². The number of carbonyl (C=O) groups is 1. The molecule has 9 heteroatoms. The molecule has 5 N–H and O–H groups in total. The molecule has 0 aromatic heterocycles. The number of nitrogens with one attached hydrogen (secondary N) is 1. The molecule has 0 bridgehead atoms. The first-order valence-electron chi connectivity index (χ1n) is 6.66. The Bertz CT molecular complexity index is 520. The number of nitrogens with zero attached hydrogens (tertiary/aromatic N) is 2. The van der Waals surface area contributed by atoms with Crippen LogP contribution in [0.25, 0.3) is 0 Å². The maximum atomic E-state index is 11.7. The summed E-state index contributed by atoms with van der Waals surface area (Å²) in [5.74, 6) is -0.783. The van der Waals surface area contributed by atoms with E-state index in [4.69, 9.17) is 16.2 Å². The van der Waals surface area contributed by atoms with E-state index in [1.54, 1.807) is 5.43 Å². The van der Waals surface area contributed by atoms with Gasteiger partial charge in [-0.3, -0.25) is 4.79 Å². The molecule has 0 radical (unpaired) electrons. The highest BCUT2D eigenvalue weighted by molar-refractivity contribution is 5.76. The number of esters is 1. The van der Waals surface area contributed by atoms with E-state index in [1.807, 2.05) is 30.3 Å². The van der Waals surface area contributed by atoms with Gasteiger partial charge in [-0.1, -0.05) is 35.8 Å². The van der Waals surface area contributed by atoms with E-state index in [9.17, 15) is 14.9 Å². The lowest BCUT2D eigenvalue weighted by Crippen LogP contribution is -2.36. The van der Waals surface area contributed by atoms with Crippen molar-refractivity contribution in [1.82, 2.24) is 5.43 Å². The fraction of sp³-hybridized carbons (Fsp3) is 0.385. The van der Waals surface area contributed by atoms with Crippen LogP contribution in [0.3, 0.4) is 0 Å². The molecule has 0 unspecified atom stereocenters. The van der Waals surface area contributed by atoms with Gasteiger partial charge in [0.05, 0.1) is 0 Å². The third-order valence-corrected chi connectivity index (χ3v) is 2.69. The van der Waals surface area contributed by atoms with Crippen LogP contribution in [0.15, 0.2) is 35.3 Å². The molecule has 0 saturated carbocycles. The minimum atomic E-state index is -0.800. The Morgan fingerprint density at radius 3 is 2.73 bits per heavy atom. The number of carbonyl (C=O) groups excluding carboxylic acids is 1. The van der Waals surface area contributed by atoms with Crippen LogP contribution < -0.4 is 16.9 Å². The molecule has 0 amide bonds. The molecule has 120 valence electrons. The second-order valence-electron chi connectivity index (χ2n) is 4.48. The zero-order chi connectivity index (χ0) is 16.4. The highest BCUT2D eigenvalue weighted by Crippen LogP contribution is 2.03. The number of guanidine groups is 1. The zero-order valence-corrected chi connectivity index (χ0v) is 12.0. The molecule has 0 heterocycles. The van der Waals surface area contributed by atoms with E-state index < -0.39 is 17.0 Å². The molecule has 0 fully saturated rings. The van der Waals surface area contributed by atoms with Crippen LogP contribution >= 0.6 is 0 Å². The number of nitrogens with two attached hydrogens (primary N) is 2. The Morgan fingerprint density at radius 2 is 2.09 bits per heavy atom. The van der Waals surface area contributed by atoms with Gasteiger partial charge in [-0.25, -0.2) is 15.1 Å². The van der Waals surface area contributed by atoms with Crippen LogP contribution in [0.2, 0.25) is 0 Å². The molecular weight excluding hydrogens is 290 g/mol. The third-order valence-electron chi connectivity index (χ3n) is 2.69. The van der Waals surface area contributed by atoms with E-state index >= 15 is 0 Å². The number of hydrazine groups is 1. The lowest BCUT2D eigenvalue weighted by Gasteiger charge is -2.10. The molecule has 0 aliphatic heterocycles. The van der Waals surface area contributed by atoms with Crippen molar-refractivity contribution in [2.75, 3.05) is 6.54 Å². The average molecular weight is 309 g/mol. The number of nitro groups is 1. The predicted octanol–water partition coefficient (Wildman–Crippen LogP) is -0.0667. The normalized spacial score (nSPS) is 12.5. The highest BCUT2D eigenvalue weighted by Gasteiger charge is 2.14. The van der Waals surface area contributed by atoms with Crippen LogP contribution in [-0.4, -0.2) is 29.5 Å². The first-order chi connectivity index (χ1) is 10.5. The van der Waals surface area contributed by atoms with Crippen molar-refractivity contribution in [2.24, 2.45) is 16.5 Å². The summed E-state index contributed by atoms with van der Waals surface area (Å²) in [6, 6.07) is 8.51. The molecule has 0 aliphatic carbocycles. The zero-order valence-electron chi connectivity index (χ0n) is 12.0. The van der Waals surface area contributed by atoms with Crippen LogP contribution in [0, 0.1) is 10.1 Å². The molecule has 9 nitrogen and oxygen atoms in total. The topological polar surface area (TPSA) is 146 Å². The first-order valence-corrected chi connectivity index (χ1v) is 6.66. The van der Waals surface area contributed by atoms with Crippen LogP contribution in [0.4, 0.5) is 0 Å². The fourth-order valence-corrected chi connectivity index (χ4v) is 1.59. The smallest absolute Gasteiger partial charge is 0.323 e. The molecule has 0 spiro atoms. The van der Waals surface area contributed by atoms with E-state index in [2.05, 4.69) is 4.99 Å². The Balaban J connectivity index is 2.23. The Hall–Kier alpha value is -2.68. The Kier molecular flexibility index (Phi) is 7.34. The molecule has 0 aliphatic rings. The van der Waals surface area contributed by atoms with Crippen molar-refractivity contribution < 1.29 is 14.6 Å². The number of ether oxygens (including phenoxy) is 1. The summed E-state index contributed by atoms with van der Waals surface area (Å²) in [6.45, 7) is 0.400. The molecular formula is C13H19N5O4. The lowest BCUT2D eigenvalue weighted by atomic mass is 10.1. The van der Waals surface area contributed by atoms with E-state index in [-0.39, 0.29) is 19.1 Å². The largest absolute Gasteiger partial charge is 0.460 e. The van der Waals surface area contributed by atoms with E-state index in [0.29, 0.717) is 12.8 Å². The van der Waals surface area contributed by atoms with Crippen molar-refractivity contribution >= 4 is 11.9 Å². The number of hydrogen-bond donors (Lipinski definition) is 3. The maximum absolute atomic E-state index is 11.7. The quantitative estimate of drug-likeness (QED) is 0.152. The van der Waals surface area contributed by atoms with Crippen molar-refractivity contribution in [3.63, 3.8) is 0 Å². The summed E-state index contributed by atoms with van der Waals surface area (Å²) in [6.07, 6.45) is 0.810. The SMILES string of the molecule is NC(=NCCC[C@@H](N)C(=O)OCc1ccccc1)N[N+](=O)[O-]. The molecule has 1 aromatic rings. The van der Waals surface area contributed by atoms with Gasteiger partial charge in [0.1, 0.15) is 12.6 Å². The summed E-state index contributed by atoms with van der Waals surface area (Å²) < 4.78 is 5.09. The molecule has 1 rings (SSSR count). The van der Waals surface area contributed by atoms with Gasteiger partial charge in [0.25, 0.3) is 5.96 Å². The van der Waals surface area contributed by atoms with Crippen molar-refractivity contribution in [1.29, 1.82) is 0 Å². The van der Waals surface area contributed by atoms with Gasteiger partial charge < -0.3 is 16.2 Å². The number of rotatable bonds is 8. The van der Waals surface area contributed by atoms with Crippen molar-refractivity contribution in [3.8, 4) is 0 Å². The fourth-order valence-electron chi connectivity index (χ4n) is 1.59. The second-order valence-corrected chi connectivity index (χ2v) is 4.48.